The molecule has 1 aromatic carbocycles. The average Bonchev–Trinajstić information content (AvgIpc) is 2.87. The number of ether oxygens (including phenoxy) is 2. The Labute approximate surface area is 107 Å². The van der Waals surface area contributed by atoms with Gasteiger partial charge in [-0.15, -0.1) is 0 Å². The number of carboxylic acids is 1. The van der Waals surface area contributed by atoms with Gasteiger partial charge in [0.1, 0.15) is 5.69 Å². The van der Waals surface area contributed by atoms with Crippen molar-refractivity contribution in [2.24, 2.45) is 0 Å². The van der Waals surface area contributed by atoms with Gasteiger partial charge < -0.3 is 19.1 Å². The molecule has 2 aromatic rings. The summed E-state index contributed by atoms with van der Waals surface area (Å²) in [6.07, 6.45) is 0. The lowest BCUT2D eigenvalue weighted by Gasteiger charge is -2.11. The van der Waals surface area contributed by atoms with Crippen LogP contribution in [0.2, 0.25) is 0 Å². The van der Waals surface area contributed by atoms with E-state index in [9.17, 15) is 9.18 Å². The first kappa shape index (κ1) is 12.9. The zero-order valence-corrected chi connectivity index (χ0v) is 10.1. The van der Waals surface area contributed by atoms with Crippen molar-refractivity contribution in [3.8, 4) is 22.8 Å². The minimum atomic E-state index is -1.24. The first-order chi connectivity index (χ1) is 9.08. The van der Waals surface area contributed by atoms with Crippen LogP contribution in [0.5, 0.6) is 11.5 Å². The number of carbonyl (C=O) groups is 1. The predicted molar refractivity (Wildman–Crippen MR) is 62.0 cm³/mol. The number of aromatic carboxylic acids is 1. The van der Waals surface area contributed by atoms with Crippen molar-refractivity contribution in [1.29, 1.82) is 0 Å². The second-order valence-corrected chi connectivity index (χ2v) is 3.54. The molecule has 0 unspecified atom stereocenters. The molecule has 0 spiro atoms. The number of hydrogen-bond acceptors (Lipinski definition) is 5. The number of nitrogens with zero attached hydrogens (tertiary/aromatic N) is 1. The molecule has 0 saturated carbocycles. The largest absolute Gasteiger partial charge is 0.492 e. The van der Waals surface area contributed by atoms with Crippen molar-refractivity contribution in [1.82, 2.24) is 5.16 Å². The lowest BCUT2D eigenvalue weighted by molar-refractivity contribution is 0.0652. The maximum absolute atomic E-state index is 13.5. The van der Waals surface area contributed by atoms with Gasteiger partial charge in [-0.1, -0.05) is 5.16 Å². The van der Waals surface area contributed by atoms with Gasteiger partial charge in [-0.3, -0.25) is 0 Å². The molecule has 1 N–H and O–H groups in total. The Kier molecular flexibility index (Phi) is 3.37. The Morgan fingerprint density at radius 1 is 1.32 bits per heavy atom. The molecular weight excluding hydrogens is 257 g/mol. The molecule has 0 aliphatic carbocycles. The van der Waals surface area contributed by atoms with Gasteiger partial charge in [0.05, 0.1) is 14.2 Å². The molecular formula is C12H10FNO5. The van der Waals surface area contributed by atoms with Crippen LogP contribution in [0.3, 0.4) is 0 Å². The molecule has 1 heterocycles. The number of benzene rings is 1. The fourth-order valence-corrected chi connectivity index (χ4v) is 1.64. The van der Waals surface area contributed by atoms with E-state index in [0.717, 1.165) is 0 Å². The molecule has 0 fully saturated rings. The first-order valence-electron chi connectivity index (χ1n) is 5.19. The van der Waals surface area contributed by atoms with Crippen LogP contribution in [-0.2, 0) is 0 Å². The molecule has 0 bridgehead atoms. The lowest BCUT2D eigenvalue weighted by Crippen LogP contribution is -1.96. The minimum Gasteiger partial charge on any atom is -0.492 e. The Morgan fingerprint density at radius 2 is 2.00 bits per heavy atom. The van der Waals surface area contributed by atoms with Crippen LogP contribution in [0.4, 0.5) is 4.39 Å². The molecule has 100 valence electrons. The van der Waals surface area contributed by atoms with Crippen molar-refractivity contribution < 1.29 is 28.3 Å². The number of halogens is 1. The molecule has 7 heteroatoms. The van der Waals surface area contributed by atoms with Crippen LogP contribution in [-0.4, -0.2) is 30.5 Å². The lowest BCUT2D eigenvalue weighted by atomic mass is 10.1. The summed E-state index contributed by atoms with van der Waals surface area (Å²) >= 11 is 0. The average molecular weight is 267 g/mol. The molecule has 0 amide bonds. The summed E-state index contributed by atoms with van der Waals surface area (Å²) in [7, 11) is 2.65. The summed E-state index contributed by atoms with van der Waals surface area (Å²) in [6.45, 7) is 0. The second kappa shape index (κ2) is 4.97. The Bertz CT molecular complexity index is 623. The van der Waals surface area contributed by atoms with Gasteiger partial charge in [-0.05, 0) is 12.1 Å². The molecule has 0 atom stereocenters. The van der Waals surface area contributed by atoms with E-state index in [-0.39, 0.29) is 23.0 Å². The third-order valence-electron chi connectivity index (χ3n) is 2.47. The summed E-state index contributed by atoms with van der Waals surface area (Å²) in [5.41, 5.74) is 0.588. The number of methoxy groups -OCH3 is 2. The zero-order chi connectivity index (χ0) is 14.0. The van der Waals surface area contributed by atoms with Crippen molar-refractivity contribution in [3.63, 3.8) is 0 Å². The van der Waals surface area contributed by atoms with Crippen LogP contribution in [0.25, 0.3) is 11.3 Å². The highest BCUT2D eigenvalue weighted by molar-refractivity contribution is 5.86. The summed E-state index contributed by atoms with van der Waals surface area (Å²) < 4.78 is 28.2. The van der Waals surface area contributed by atoms with Crippen LogP contribution in [0.15, 0.2) is 22.7 Å². The molecule has 0 aliphatic rings. The van der Waals surface area contributed by atoms with Crippen LogP contribution < -0.4 is 9.47 Å². The van der Waals surface area contributed by atoms with Gasteiger partial charge in [0, 0.05) is 11.6 Å². The number of rotatable bonds is 4. The van der Waals surface area contributed by atoms with Crippen molar-refractivity contribution >= 4 is 5.97 Å². The van der Waals surface area contributed by atoms with Crippen molar-refractivity contribution in [2.75, 3.05) is 14.2 Å². The normalized spacial score (nSPS) is 10.3. The highest BCUT2D eigenvalue weighted by Gasteiger charge is 2.20. The van der Waals surface area contributed by atoms with Crippen molar-refractivity contribution in [2.45, 2.75) is 0 Å². The summed E-state index contributed by atoms with van der Waals surface area (Å²) in [5.74, 6) is -2.12. The molecule has 0 radical (unpaired) electrons. The van der Waals surface area contributed by atoms with E-state index < -0.39 is 11.8 Å². The monoisotopic (exact) mass is 267 g/mol. The third kappa shape index (κ3) is 2.22. The Balaban J connectivity index is 2.58. The standard InChI is InChI=1S/C12H10FNO5/c1-17-10-6(3-4-7(13)11(10)18-2)8-5-9(12(15)16)19-14-8/h3-5H,1-2H3,(H,15,16). The molecule has 6 nitrogen and oxygen atoms in total. The van der Waals surface area contributed by atoms with E-state index in [2.05, 4.69) is 9.68 Å². The van der Waals surface area contributed by atoms with Crippen LogP contribution in [0.1, 0.15) is 10.6 Å². The molecule has 1 aromatic heterocycles. The smallest absolute Gasteiger partial charge is 0.374 e. The summed E-state index contributed by atoms with van der Waals surface area (Å²) in [6, 6.07) is 3.80. The summed E-state index contributed by atoms with van der Waals surface area (Å²) in [4.78, 5) is 10.7. The Hall–Kier alpha value is -2.57. The number of hydrogen-bond donors (Lipinski definition) is 1. The zero-order valence-electron chi connectivity index (χ0n) is 10.1. The summed E-state index contributed by atoms with van der Waals surface area (Å²) in [5, 5.41) is 12.4. The molecule has 0 aliphatic heterocycles. The maximum Gasteiger partial charge on any atom is 0.374 e. The van der Waals surface area contributed by atoms with Gasteiger partial charge in [-0.2, -0.15) is 0 Å². The fraction of sp³-hybridized carbons (Fsp3) is 0.167. The van der Waals surface area contributed by atoms with Gasteiger partial charge >= 0.3 is 5.97 Å². The number of aromatic nitrogens is 1. The molecule has 19 heavy (non-hydrogen) atoms. The quantitative estimate of drug-likeness (QED) is 0.914. The minimum absolute atomic E-state index is 0.0834. The van der Waals surface area contributed by atoms with Crippen molar-refractivity contribution in [3.05, 3.63) is 29.8 Å². The van der Waals surface area contributed by atoms with Gasteiger partial charge in [0.15, 0.2) is 17.3 Å². The van der Waals surface area contributed by atoms with E-state index in [1.807, 2.05) is 0 Å². The SMILES string of the molecule is COc1c(F)ccc(-c2cc(C(=O)O)on2)c1OC. The highest BCUT2D eigenvalue weighted by atomic mass is 19.1. The predicted octanol–water partition coefficient (Wildman–Crippen LogP) is 2.20. The first-order valence-corrected chi connectivity index (χ1v) is 5.19. The fourth-order valence-electron chi connectivity index (χ4n) is 1.64. The topological polar surface area (TPSA) is 81.8 Å². The highest BCUT2D eigenvalue weighted by Crippen LogP contribution is 2.39. The van der Waals surface area contributed by atoms with E-state index in [0.29, 0.717) is 5.56 Å². The van der Waals surface area contributed by atoms with Gasteiger partial charge in [0.2, 0.25) is 5.76 Å². The van der Waals surface area contributed by atoms with Crippen LogP contribution in [0, 0.1) is 5.82 Å². The number of carboxylic acid groups (broad SMARTS) is 1. The van der Waals surface area contributed by atoms with E-state index in [4.69, 9.17) is 14.6 Å². The second-order valence-electron chi connectivity index (χ2n) is 3.54. The molecule has 2 rings (SSSR count). The van der Waals surface area contributed by atoms with E-state index in [1.54, 1.807) is 0 Å². The maximum atomic E-state index is 13.5. The third-order valence-corrected chi connectivity index (χ3v) is 2.47. The van der Waals surface area contributed by atoms with E-state index in [1.165, 1.54) is 32.4 Å². The molecule has 0 saturated heterocycles. The van der Waals surface area contributed by atoms with Gasteiger partial charge in [-0.25, -0.2) is 9.18 Å². The Morgan fingerprint density at radius 3 is 2.53 bits per heavy atom. The van der Waals surface area contributed by atoms with E-state index >= 15 is 0 Å². The van der Waals surface area contributed by atoms with Crippen LogP contribution >= 0.6 is 0 Å². The van der Waals surface area contributed by atoms with Gasteiger partial charge in [0.25, 0.3) is 0 Å².